The van der Waals surface area contributed by atoms with E-state index >= 15 is 0 Å². The number of rotatable bonds is 10. The molecule has 1 atom stereocenters. The van der Waals surface area contributed by atoms with Gasteiger partial charge in [0.25, 0.3) is 0 Å². The highest BCUT2D eigenvalue weighted by atomic mass is 14.2. The molecule has 0 bridgehead atoms. The van der Waals surface area contributed by atoms with Crippen LogP contribution >= 0.6 is 0 Å². The lowest BCUT2D eigenvalue weighted by Gasteiger charge is -2.22. The molecule has 0 saturated carbocycles. The smallest absolute Gasteiger partial charge is 0.0991 e. The molecule has 1 unspecified atom stereocenters. The van der Waals surface area contributed by atoms with E-state index in [1.165, 1.54) is 61.6 Å². The lowest BCUT2D eigenvalue weighted by Crippen LogP contribution is -2.05. The van der Waals surface area contributed by atoms with E-state index in [0.717, 1.165) is 24.8 Å². The Morgan fingerprint density at radius 1 is 0.897 bits per heavy atom. The van der Waals surface area contributed by atoms with E-state index in [1.54, 1.807) is 5.57 Å². The van der Waals surface area contributed by atoms with Crippen LogP contribution in [0.25, 0.3) is 0 Å². The van der Waals surface area contributed by atoms with E-state index in [4.69, 9.17) is 5.26 Å². The molecule has 1 aliphatic carbocycles. The summed E-state index contributed by atoms with van der Waals surface area (Å²) < 4.78 is 0. The van der Waals surface area contributed by atoms with Crippen molar-refractivity contribution in [1.82, 2.24) is 0 Å². The first kappa shape index (κ1) is 21.1. The Bertz CT molecular complexity index is 833. The molecule has 0 N–H and O–H groups in total. The number of nitriles is 1. The molecule has 2 aromatic rings. The van der Waals surface area contributed by atoms with Crippen molar-refractivity contribution in [3.63, 3.8) is 0 Å². The van der Waals surface area contributed by atoms with Gasteiger partial charge in [0.15, 0.2) is 0 Å². The van der Waals surface area contributed by atoms with Gasteiger partial charge in [0, 0.05) is 0 Å². The number of nitrogens with zero attached hydrogens (tertiary/aromatic N) is 1. The third kappa shape index (κ3) is 6.75. The van der Waals surface area contributed by atoms with Gasteiger partial charge in [-0.05, 0) is 92.5 Å². The predicted octanol–water partition coefficient (Wildman–Crippen LogP) is 7.67. The van der Waals surface area contributed by atoms with E-state index in [0.29, 0.717) is 5.92 Å². The molecule has 29 heavy (non-hydrogen) atoms. The molecule has 3 rings (SSSR count). The zero-order valence-electron chi connectivity index (χ0n) is 17.6. The third-order valence-electron chi connectivity index (χ3n) is 6.15. The van der Waals surface area contributed by atoms with Crippen LogP contribution in [-0.2, 0) is 12.8 Å². The van der Waals surface area contributed by atoms with Gasteiger partial charge in [0.05, 0.1) is 11.6 Å². The van der Waals surface area contributed by atoms with Crippen molar-refractivity contribution < 1.29 is 0 Å². The first-order valence-electron chi connectivity index (χ1n) is 11.1. The highest BCUT2D eigenvalue weighted by molar-refractivity contribution is 5.33. The fourth-order valence-electron chi connectivity index (χ4n) is 4.23. The molecule has 0 spiro atoms. The maximum Gasteiger partial charge on any atom is 0.0991 e. The summed E-state index contributed by atoms with van der Waals surface area (Å²) in [5, 5.41) is 8.89. The lowest BCUT2D eigenvalue weighted by molar-refractivity contribution is 0.572. The second kappa shape index (κ2) is 11.4. The van der Waals surface area contributed by atoms with Gasteiger partial charge in [-0.3, -0.25) is 0 Å². The Morgan fingerprint density at radius 3 is 2.17 bits per heavy atom. The third-order valence-corrected chi connectivity index (χ3v) is 6.15. The summed E-state index contributed by atoms with van der Waals surface area (Å²) in [6.45, 7) is 3.80. The molecular formula is C28H33N. The minimum Gasteiger partial charge on any atom is -0.192 e. The van der Waals surface area contributed by atoms with Crippen molar-refractivity contribution >= 4 is 0 Å². The van der Waals surface area contributed by atoms with Crippen LogP contribution < -0.4 is 0 Å². The van der Waals surface area contributed by atoms with Gasteiger partial charge in [0.1, 0.15) is 0 Å². The van der Waals surface area contributed by atoms with Gasteiger partial charge in [-0.15, -0.1) is 6.58 Å². The normalized spacial score (nSPS) is 16.1. The van der Waals surface area contributed by atoms with Gasteiger partial charge in [-0.2, -0.15) is 5.26 Å². The molecule has 0 fully saturated rings. The maximum atomic E-state index is 8.89. The van der Waals surface area contributed by atoms with Gasteiger partial charge in [-0.1, -0.05) is 60.5 Å². The van der Waals surface area contributed by atoms with Crippen LogP contribution in [0.5, 0.6) is 0 Å². The summed E-state index contributed by atoms with van der Waals surface area (Å²) in [5.41, 5.74) is 6.59. The van der Waals surface area contributed by atoms with Crippen LogP contribution in [0.1, 0.15) is 79.5 Å². The van der Waals surface area contributed by atoms with E-state index in [9.17, 15) is 0 Å². The molecule has 1 heteroatoms. The number of unbranched alkanes of at least 4 members (excludes halogenated alkanes) is 3. The topological polar surface area (TPSA) is 23.8 Å². The minimum atomic E-state index is 0.687. The molecule has 0 amide bonds. The fourth-order valence-corrected chi connectivity index (χ4v) is 4.23. The second-order valence-electron chi connectivity index (χ2n) is 8.27. The quantitative estimate of drug-likeness (QED) is 0.305. The summed E-state index contributed by atoms with van der Waals surface area (Å²) in [5.74, 6) is 0.687. The van der Waals surface area contributed by atoms with Crippen LogP contribution in [0.15, 0.2) is 72.8 Å². The van der Waals surface area contributed by atoms with Crippen LogP contribution in [0.2, 0.25) is 0 Å². The first-order valence-corrected chi connectivity index (χ1v) is 11.1. The average molecular weight is 384 g/mol. The molecule has 2 aromatic carbocycles. The lowest BCUT2D eigenvalue weighted by atomic mass is 9.83. The van der Waals surface area contributed by atoms with Crippen molar-refractivity contribution in [3.8, 4) is 6.07 Å². The zero-order valence-corrected chi connectivity index (χ0v) is 17.6. The molecule has 0 radical (unpaired) electrons. The van der Waals surface area contributed by atoms with Crippen molar-refractivity contribution in [2.75, 3.05) is 0 Å². The van der Waals surface area contributed by atoms with Gasteiger partial charge in [0.2, 0.25) is 0 Å². The van der Waals surface area contributed by atoms with E-state index in [1.807, 2.05) is 18.2 Å². The molecule has 150 valence electrons. The fraction of sp³-hybridized carbons (Fsp3) is 0.393. The van der Waals surface area contributed by atoms with Gasteiger partial charge >= 0.3 is 0 Å². The monoisotopic (exact) mass is 383 g/mol. The van der Waals surface area contributed by atoms with E-state index < -0.39 is 0 Å². The van der Waals surface area contributed by atoms with Crippen molar-refractivity contribution in [2.24, 2.45) is 0 Å². The zero-order chi connectivity index (χ0) is 20.3. The number of allylic oxidation sites excluding steroid dienone is 3. The van der Waals surface area contributed by atoms with Crippen molar-refractivity contribution in [2.45, 2.75) is 70.1 Å². The first-order chi connectivity index (χ1) is 14.3. The minimum absolute atomic E-state index is 0.687. The van der Waals surface area contributed by atoms with Crippen molar-refractivity contribution in [1.29, 1.82) is 5.26 Å². The van der Waals surface area contributed by atoms with Gasteiger partial charge < -0.3 is 0 Å². The molecular weight excluding hydrogens is 350 g/mol. The SMILES string of the molecule is C=CCCCCCC1=CCC(c2ccc(CCc3ccc(C#N)cc3)cc2)CC1. The largest absolute Gasteiger partial charge is 0.192 e. The van der Waals surface area contributed by atoms with E-state index in [2.05, 4.69) is 55.1 Å². The summed E-state index contributed by atoms with van der Waals surface area (Å²) in [7, 11) is 0. The number of aryl methyl sites for hydroxylation is 2. The summed E-state index contributed by atoms with van der Waals surface area (Å²) >= 11 is 0. The highest BCUT2D eigenvalue weighted by Crippen LogP contribution is 2.34. The highest BCUT2D eigenvalue weighted by Gasteiger charge is 2.16. The van der Waals surface area contributed by atoms with Crippen LogP contribution in [0, 0.1) is 11.3 Å². The summed E-state index contributed by atoms with van der Waals surface area (Å²) in [4.78, 5) is 0. The van der Waals surface area contributed by atoms with Crippen LogP contribution in [0.3, 0.4) is 0 Å². The van der Waals surface area contributed by atoms with Gasteiger partial charge in [-0.25, -0.2) is 0 Å². The standard InChI is InChI=1S/C28H33N/c1-2-3-4-5-6-7-23-14-18-27(19-15-23)28-20-16-25(17-21-28)9-8-24-10-12-26(22-29)13-11-24/h2,10-14,16-17,20-21,27H,1,3-9,15,18-19H2. The van der Waals surface area contributed by atoms with E-state index in [-0.39, 0.29) is 0 Å². The Labute approximate surface area is 176 Å². The molecule has 0 aromatic heterocycles. The predicted molar refractivity (Wildman–Crippen MR) is 123 cm³/mol. The number of hydrogen-bond acceptors (Lipinski definition) is 1. The molecule has 0 saturated heterocycles. The molecule has 1 nitrogen and oxygen atoms in total. The Hall–Kier alpha value is -2.59. The van der Waals surface area contributed by atoms with Crippen LogP contribution in [0.4, 0.5) is 0 Å². The molecule has 1 aliphatic rings. The molecule has 0 heterocycles. The Balaban J connectivity index is 1.44. The average Bonchev–Trinajstić information content (AvgIpc) is 2.79. The van der Waals surface area contributed by atoms with Crippen molar-refractivity contribution in [3.05, 3.63) is 95.1 Å². The maximum absolute atomic E-state index is 8.89. The molecule has 0 aliphatic heterocycles. The number of benzene rings is 2. The second-order valence-corrected chi connectivity index (χ2v) is 8.27. The Morgan fingerprint density at radius 2 is 1.59 bits per heavy atom. The summed E-state index contributed by atoms with van der Waals surface area (Å²) in [6.07, 6.45) is 16.8. The van der Waals surface area contributed by atoms with Crippen LogP contribution in [-0.4, -0.2) is 0 Å². The summed E-state index contributed by atoms with van der Waals surface area (Å²) in [6, 6.07) is 19.4. The Kier molecular flexibility index (Phi) is 8.32. The number of hydrogen-bond donors (Lipinski definition) is 0.